The summed E-state index contributed by atoms with van der Waals surface area (Å²) in [5, 5.41) is 12.7. The Labute approximate surface area is 88.8 Å². The number of aromatic nitrogens is 1. The summed E-state index contributed by atoms with van der Waals surface area (Å²) < 4.78 is 23.8. The van der Waals surface area contributed by atoms with Gasteiger partial charge in [0.25, 0.3) is 12.1 Å². The molecule has 0 aliphatic carbocycles. The van der Waals surface area contributed by atoms with Crippen molar-refractivity contribution >= 4 is 17.3 Å². The quantitative estimate of drug-likeness (QED) is 0.397. The molecule has 88 valence electrons. The molecule has 1 rings (SSSR count). The van der Waals surface area contributed by atoms with Crippen molar-refractivity contribution in [2.45, 2.75) is 6.43 Å². The van der Waals surface area contributed by atoms with E-state index in [1.807, 2.05) is 0 Å². The van der Waals surface area contributed by atoms with Gasteiger partial charge in [-0.3, -0.25) is 10.1 Å². The molecule has 1 heterocycles. The van der Waals surface area contributed by atoms with Gasteiger partial charge in [-0.1, -0.05) is 0 Å². The average molecular weight is 233 g/mol. The number of hydrogen-bond donors (Lipinski definition) is 3. The van der Waals surface area contributed by atoms with Crippen molar-refractivity contribution in [1.82, 2.24) is 4.98 Å². The molecular weight excluding hydrogens is 224 g/mol. The van der Waals surface area contributed by atoms with E-state index in [1.54, 1.807) is 0 Å². The first-order valence-electron chi connectivity index (χ1n) is 4.18. The molecule has 0 radical (unpaired) electrons. The van der Waals surface area contributed by atoms with Gasteiger partial charge in [-0.15, -0.1) is 0 Å². The lowest BCUT2D eigenvalue weighted by Gasteiger charge is -2.06. The molecule has 0 fully saturated rings. The van der Waals surface area contributed by atoms with Crippen LogP contribution in [0.25, 0.3) is 0 Å². The smallest absolute Gasteiger partial charge is 0.276 e. The zero-order valence-electron chi connectivity index (χ0n) is 7.98. The van der Waals surface area contributed by atoms with Crippen molar-refractivity contribution in [1.29, 1.82) is 0 Å². The maximum atomic E-state index is 11.9. The minimum atomic E-state index is -2.57. The Kier molecular flexibility index (Phi) is 3.89. The van der Waals surface area contributed by atoms with Gasteiger partial charge in [0, 0.05) is 0 Å². The fourth-order valence-electron chi connectivity index (χ4n) is 0.968. The molecular formula is C7H9F2N5O2. The van der Waals surface area contributed by atoms with Gasteiger partial charge in [0.15, 0.2) is 0 Å². The molecule has 0 aliphatic heterocycles. The molecule has 0 atom stereocenters. The molecule has 1 aromatic rings. The van der Waals surface area contributed by atoms with Gasteiger partial charge in [0.1, 0.15) is 11.6 Å². The topological polar surface area (TPSA) is 106 Å². The van der Waals surface area contributed by atoms with Crippen LogP contribution in [0.2, 0.25) is 0 Å². The van der Waals surface area contributed by atoms with E-state index in [4.69, 9.17) is 5.84 Å². The highest BCUT2D eigenvalue weighted by Crippen LogP contribution is 2.19. The Balaban J connectivity index is 2.90. The summed E-state index contributed by atoms with van der Waals surface area (Å²) in [4.78, 5) is 13.5. The molecule has 0 aliphatic rings. The van der Waals surface area contributed by atoms with E-state index in [0.717, 1.165) is 12.1 Å². The Morgan fingerprint density at radius 3 is 2.62 bits per heavy atom. The average Bonchev–Trinajstić information content (AvgIpc) is 2.25. The summed E-state index contributed by atoms with van der Waals surface area (Å²) in [7, 11) is 0. The summed E-state index contributed by atoms with van der Waals surface area (Å²) >= 11 is 0. The molecule has 16 heavy (non-hydrogen) atoms. The molecule has 0 saturated carbocycles. The van der Waals surface area contributed by atoms with E-state index in [9.17, 15) is 18.9 Å². The highest BCUT2D eigenvalue weighted by Gasteiger charge is 2.11. The monoisotopic (exact) mass is 233 g/mol. The third-order valence-corrected chi connectivity index (χ3v) is 1.61. The Bertz CT molecular complexity index is 387. The SMILES string of the molecule is NNc1cc([N+](=O)[O-])cc(NCC(F)F)n1. The normalized spacial score (nSPS) is 10.2. The van der Waals surface area contributed by atoms with Crippen LogP contribution in [0.3, 0.4) is 0 Å². The molecule has 0 aromatic carbocycles. The maximum absolute atomic E-state index is 11.9. The van der Waals surface area contributed by atoms with E-state index < -0.39 is 17.9 Å². The van der Waals surface area contributed by atoms with Crippen LogP contribution in [0.4, 0.5) is 26.1 Å². The second kappa shape index (κ2) is 5.16. The van der Waals surface area contributed by atoms with E-state index in [0.29, 0.717) is 0 Å². The number of alkyl halides is 2. The van der Waals surface area contributed by atoms with Crippen molar-refractivity contribution in [3.63, 3.8) is 0 Å². The van der Waals surface area contributed by atoms with Crippen LogP contribution in [0, 0.1) is 10.1 Å². The number of nitrogen functional groups attached to an aromatic ring is 1. The molecule has 0 unspecified atom stereocenters. The number of nitro groups is 1. The first-order chi connectivity index (χ1) is 7.52. The minimum absolute atomic E-state index is 0.0194. The maximum Gasteiger partial charge on any atom is 0.276 e. The zero-order chi connectivity index (χ0) is 12.1. The third kappa shape index (κ3) is 3.28. The number of hydrogen-bond acceptors (Lipinski definition) is 6. The zero-order valence-corrected chi connectivity index (χ0v) is 7.98. The summed E-state index contributed by atoms with van der Waals surface area (Å²) in [6, 6.07) is 2.14. The Hall–Kier alpha value is -2.03. The van der Waals surface area contributed by atoms with Crippen molar-refractivity contribution in [2.24, 2.45) is 5.84 Å². The van der Waals surface area contributed by atoms with Gasteiger partial charge >= 0.3 is 0 Å². The van der Waals surface area contributed by atoms with Gasteiger partial charge in [-0.05, 0) is 0 Å². The van der Waals surface area contributed by atoms with E-state index >= 15 is 0 Å². The lowest BCUT2D eigenvalue weighted by atomic mass is 10.3. The standard InChI is InChI=1S/C7H9F2N5O2/c8-5(9)3-11-6-1-4(14(15)16)2-7(12-6)13-10/h1-2,5H,3,10H2,(H2,11,12,13). The number of anilines is 2. The number of nitrogens with zero attached hydrogens (tertiary/aromatic N) is 2. The van der Waals surface area contributed by atoms with E-state index in [-0.39, 0.29) is 17.3 Å². The lowest BCUT2D eigenvalue weighted by Crippen LogP contribution is -2.14. The van der Waals surface area contributed by atoms with Gasteiger partial charge in [-0.2, -0.15) is 0 Å². The predicted octanol–water partition coefficient (Wildman–Crippen LogP) is 0.952. The fraction of sp³-hybridized carbons (Fsp3) is 0.286. The molecule has 0 saturated heterocycles. The lowest BCUT2D eigenvalue weighted by molar-refractivity contribution is -0.384. The van der Waals surface area contributed by atoms with Crippen LogP contribution in [0.1, 0.15) is 0 Å². The summed E-state index contributed by atoms with van der Waals surface area (Å²) in [5.41, 5.74) is 1.82. The van der Waals surface area contributed by atoms with Crippen molar-refractivity contribution in [3.05, 3.63) is 22.2 Å². The number of hydrazine groups is 1. The van der Waals surface area contributed by atoms with Crippen LogP contribution >= 0.6 is 0 Å². The van der Waals surface area contributed by atoms with E-state index in [2.05, 4.69) is 15.7 Å². The Morgan fingerprint density at radius 2 is 2.12 bits per heavy atom. The number of nitrogens with two attached hydrogens (primary N) is 1. The molecule has 9 heteroatoms. The minimum Gasteiger partial charge on any atom is -0.364 e. The third-order valence-electron chi connectivity index (χ3n) is 1.61. The fourth-order valence-corrected chi connectivity index (χ4v) is 0.968. The highest BCUT2D eigenvalue weighted by atomic mass is 19.3. The van der Waals surface area contributed by atoms with Crippen molar-refractivity contribution < 1.29 is 13.7 Å². The number of rotatable bonds is 5. The summed E-state index contributed by atoms with van der Waals surface area (Å²) in [6.45, 7) is -0.641. The van der Waals surface area contributed by atoms with Gasteiger partial charge in [0.2, 0.25) is 0 Å². The van der Waals surface area contributed by atoms with Crippen LogP contribution < -0.4 is 16.6 Å². The van der Waals surface area contributed by atoms with Gasteiger partial charge in [0.05, 0.1) is 23.6 Å². The number of halogens is 2. The molecule has 0 spiro atoms. The largest absolute Gasteiger partial charge is 0.364 e. The van der Waals surface area contributed by atoms with E-state index in [1.165, 1.54) is 0 Å². The first kappa shape index (κ1) is 12.0. The van der Waals surface area contributed by atoms with Crippen LogP contribution in [-0.4, -0.2) is 22.9 Å². The van der Waals surface area contributed by atoms with Crippen LogP contribution in [0.15, 0.2) is 12.1 Å². The molecule has 0 amide bonds. The molecule has 1 aromatic heterocycles. The van der Waals surface area contributed by atoms with Crippen LogP contribution in [-0.2, 0) is 0 Å². The van der Waals surface area contributed by atoms with Crippen molar-refractivity contribution in [2.75, 3.05) is 17.3 Å². The van der Waals surface area contributed by atoms with Crippen molar-refractivity contribution in [3.8, 4) is 0 Å². The number of nitrogens with one attached hydrogen (secondary N) is 2. The van der Waals surface area contributed by atoms with Gasteiger partial charge in [-0.25, -0.2) is 19.6 Å². The highest BCUT2D eigenvalue weighted by molar-refractivity contribution is 5.54. The molecule has 0 bridgehead atoms. The number of pyridine rings is 1. The van der Waals surface area contributed by atoms with Crippen LogP contribution in [0.5, 0.6) is 0 Å². The molecule has 4 N–H and O–H groups in total. The summed E-state index contributed by atoms with van der Waals surface area (Å²) in [5.74, 6) is 5.01. The second-order valence-corrected chi connectivity index (χ2v) is 2.77. The van der Waals surface area contributed by atoms with Gasteiger partial charge < -0.3 is 10.7 Å². The Morgan fingerprint density at radius 1 is 1.50 bits per heavy atom. The summed E-state index contributed by atoms with van der Waals surface area (Å²) in [6.07, 6.45) is -2.57. The predicted molar refractivity (Wildman–Crippen MR) is 53.2 cm³/mol. The first-order valence-corrected chi connectivity index (χ1v) is 4.18. The second-order valence-electron chi connectivity index (χ2n) is 2.77. The molecule has 7 nitrogen and oxygen atoms in total.